The lowest BCUT2D eigenvalue weighted by Crippen LogP contribution is -2.52. The molecule has 1 aliphatic heterocycles. The number of anilines is 2. The number of aromatic nitrogens is 3. The molecule has 9 heteroatoms. The van der Waals surface area contributed by atoms with Crippen LogP contribution in [0.5, 0.6) is 0 Å². The lowest BCUT2D eigenvalue weighted by atomic mass is 10.0. The zero-order valence-corrected chi connectivity index (χ0v) is 25.8. The van der Waals surface area contributed by atoms with Crippen LogP contribution in [-0.2, 0) is 15.4 Å². The summed E-state index contributed by atoms with van der Waals surface area (Å²) in [6.45, 7) is 2.27. The lowest BCUT2D eigenvalue weighted by Gasteiger charge is -2.28. The first-order chi connectivity index (χ1) is 21.2. The zero-order valence-electron chi connectivity index (χ0n) is 25.8. The molecule has 1 fully saturated rings. The molecule has 0 aliphatic carbocycles. The highest BCUT2D eigenvalue weighted by Gasteiger charge is 2.48. The average Bonchev–Trinajstić information content (AvgIpc) is 3.44. The number of hydrogen-bond acceptors (Lipinski definition) is 9. The number of ether oxygens (including phenoxy) is 1. The Hall–Kier alpha value is -3.56. The van der Waals surface area contributed by atoms with Crippen molar-refractivity contribution in [2.24, 2.45) is 0 Å². The van der Waals surface area contributed by atoms with Crippen LogP contribution in [0.2, 0.25) is 0 Å². The molecule has 4 rings (SSSR count). The van der Waals surface area contributed by atoms with Gasteiger partial charge in [-0.2, -0.15) is 25.6 Å². The normalized spacial score (nSPS) is 16.5. The first kappa shape index (κ1) is 32.4. The Kier molecular flexibility index (Phi) is 13.7. The minimum Gasteiger partial charge on any atom is -0.422 e. The van der Waals surface area contributed by atoms with Gasteiger partial charge in [0.15, 0.2) is 0 Å². The predicted molar refractivity (Wildman–Crippen MR) is 171 cm³/mol. The fraction of sp³-hybridized carbons (Fsp3) is 0.529. The molecule has 1 atom stereocenters. The molecule has 2 heterocycles. The molecule has 2 aromatic carbocycles. The number of carbonyl (C=O) groups is 1. The minimum atomic E-state index is -1.35. The van der Waals surface area contributed by atoms with Crippen LogP contribution < -0.4 is 21.1 Å². The van der Waals surface area contributed by atoms with Gasteiger partial charge >= 0.3 is 5.97 Å². The van der Waals surface area contributed by atoms with E-state index in [1.54, 1.807) is 10.2 Å². The van der Waals surface area contributed by atoms with Crippen LogP contribution >= 0.6 is 0 Å². The Morgan fingerprint density at radius 3 is 1.72 bits per heavy atom. The third-order valence-corrected chi connectivity index (χ3v) is 7.83. The van der Waals surface area contributed by atoms with E-state index < -0.39 is 5.85 Å². The molecule has 1 aliphatic rings. The van der Waals surface area contributed by atoms with Gasteiger partial charge in [0.2, 0.25) is 0 Å². The van der Waals surface area contributed by atoms with E-state index in [1.807, 2.05) is 60.7 Å². The quantitative estimate of drug-likeness (QED) is 0.102. The van der Waals surface area contributed by atoms with Gasteiger partial charge in [-0.25, -0.2) is 4.98 Å². The van der Waals surface area contributed by atoms with Crippen molar-refractivity contribution in [1.82, 2.24) is 25.8 Å². The number of nitrogens with zero attached hydrogens (tertiary/aromatic N) is 5. The molecule has 1 aromatic heterocycles. The molecule has 1 saturated heterocycles. The molecular formula is C34H49N7O2. The van der Waals surface area contributed by atoms with Crippen molar-refractivity contribution in [3.63, 3.8) is 0 Å². The average molecular weight is 588 g/mol. The molecular weight excluding hydrogens is 538 g/mol. The summed E-state index contributed by atoms with van der Waals surface area (Å²) < 4.78 is 6.19. The van der Waals surface area contributed by atoms with E-state index in [-0.39, 0.29) is 5.97 Å². The van der Waals surface area contributed by atoms with Crippen LogP contribution in [0, 0.1) is 0 Å². The van der Waals surface area contributed by atoms with Gasteiger partial charge in [-0.15, -0.1) is 5.43 Å². The third-order valence-electron chi connectivity index (χ3n) is 7.83. The highest BCUT2D eigenvalue weighted by molar-refractivity contribution is 5.70. The molecule has 2 N–H and O–H groups in total. The van der Waals surface area contributed by atoms with Crippen LogP contribution in [0.1, 0.15) is 115 Å². The number of hydrazine groups is 3. The summed E-state index contributed by atoms with van der Waals surface area (Å²) in [4.78, 5) is 25.8. The number of benzene rings is 2. The van der Waals surface area contributed by atoms with Crippen LogP contribution in [0.4, 0.5) is 11.6 Å². The third kappa shape index (κ3) is 10.3. The molecule has 9 nitrogen and oxygen atoms in total. The maximum atomic E-state index is 13.2. The number of hydrogen-bond donors (Lipinski definition) is 2. The molecule has 0 radical (unpaired) electrons. The summed E-state index contributed by atoms with van der Waals surface area (Å²) in [6.07, 6.45) is 22.5. The van der Waals surface area contributed by atoms with Crippen LogP contribution in [0.3, 0.4) is 0 Å². The van der Waals surface area contributed by atoms with Gasteiger partial charge in [0, 0.05) is 12.0 Å². The zero-order chi connectivity index (χ0) is 30.0. The van der Waals surface area contributed by atoms with Gasteiger partial charge in [0.1, 0.15) is 12.7 Å². The number of nitrogens with one attached hydrogen (secondary N) is 2. The largest absolute Gasteiger partial charge is 0.422 e. The van der Waals surface area contributed by atoms with E-state index in [4.69, 9.17) is 4.74 Å². The molecule has 1 unspecified atom stereocenters. The molecule has 0 bridgehead atoms. The smallest absolute Gasteiger partial charge is 0.308 e. The van der Waals surface area contributed by atoms with Crippen LogP contribution in [0.25, 0.3) is 0 Å². The summed E-state index contributed by atoms with van der Waals surface area (Å²) in [5.74, 6) is -1.28. The second kappa shape index (κ2) is 18.2. The molecule has 0 amide bonds. The van der Waals surface area contributed by atoms with Gasteiger partial charge in [-0.05, 0) is 18.6 Å². The maximum Gasteiger partial charge on any atom is 0.308 e. The Morgan fingerprint density at radius 1 is 0.674 bits per heavy atom. The highest BCUT2D eigenvalue weighted by atomic mass is 16.6. The molecule has 0 saturated carbocycles. The lowest BCUT2D eigenvalue weighted by molar-refractivity contribution is -0.167. The van der Waals surface area contributed by atoms with E-state index in [9.17, 15) is 4.79 Å². The van der Waals surface area contributed by atoms with Crippen LogP contribution in [0.15, 0.2) is 73.3 Å². The van der Waals surface area contributed by atoms with Crippen molar-refractivity contribution in [1.29, 1.82) is 0 Å². The SMILES string of the molecule is CCCCCCCCCCCCCCCCCC(=O)OC1(c2ccccc2)NN(c2ccccc2)N(c2ncncn2)N1. The fourth-order valence-corrected chi connectivity index (χ4v) is 5.42. The summed E-state index contributed by atoms with van der Waals surface area (Å²) in [6, 6.07) is 19.3. The van der Waals surface area contributed by atoms with Gasteiger partial charge in [-0.1, -0.05) is 145 Å². The van der Waals surface area contributed by atoms with E-state index in [2.05, 4.69) is 32.7 Å². The topological polar surface area (TPSA) is 95.5 Å². The number of para-hydroxylation sites is 1. The summed E-state index contributed by atoms with van der Waals surface area (Å²) in [7, 11) is 0. The maximum absolute atomic E-state index is 13.2. The Labute approximate surface area is 257 Å². The second-order valence-electron chi connectivity index (χ2n) is 11.3. The van der Waals surface area contributed by atoms with Crippen LogP contribution in [-0.4, -0.2) is 20.9 Å². The predicted octanol–water partition coefficient (Wildman–Crippen LogP) is 7.74. The second-order valence-corrected chi connectivity index (χ2v) is 11.3. The number of rotatable bonds is 20. The highest BCUT2D eigenvalue weighted by Crippen LogP contribution is 2.31. The summed E-state index contributed by atoms with van der Waals surface area (Å²) in [5.41, 5.74) is 8.26. The van der Waals surface area contributed by atoms with Crippen molar-refractivity contribution in [2.75, 3.05) is 10.2 Å². The van der Waals surface area contributed by atoms with Crippen molar-refractivity contribution in [2.45, 2.75) is 116 Å². The van der Waals surface area contributed by atoms with Crippen molar-refractivity contribution in [3.05, 3.63) is 78.9 Å². The molecule has 0 spiro atoms. The van der Waals surface area contributed by atoms with E-state index in [1.165, 1.54) is 89.7 Å². The number of esters is 1. The van der Waals surface area contributed by atoms with Gasteiger partial charge in [0.05, 0.1) is 5.69 Å². The minimum absolute atomic E-state index is 0.274. The Balaban J connectivity index is 1.23. The van der Waals surface area contributed by atoms with E-state index in [0.717, 1.165) is 30.5 Å². The summed E-state index contributed by atoms with van der Waals surface area (Å²) in [5, 5.41) is 3.37. The van der Waals surface area contributed by atoms with Gasteiger partial charge < -0.3 is 4.74 Å². The first-order valence-electron chi connectivity index (χ1n) is 16.3. The van der Waals surface area contributed by atoms with Gasteiger partial charge in [-0.3, -0.25) is 4.79 Å². The van der Waals surface area contributed by atoms with Crippen molar-refractivity contribution in [3.8, 4) is 0 Å². The van der Waals surface area contributed by atoms with Gasteiger partial charge in [0.25, 0.3) is 11.8 Å². The van der Waals surface area contributed by atoms with E-state index in [0.29, 0.717) is 12.4 Å². The van der Waals surface area contributed by atoms with E-state index >= 15 is 0 Å². The van der Waals surface area contributed by atoms with Crippen molar-refractivity contribution >= 4 is 17.6 Å². The van der Waals surface area contributed by atoms with Crippen molar-refractivity contribution < 1.29 is 9.53 Å². The Morgan fingerprint density at radius 2 is 1.16 bits per heavy atom. The molecule has 232 valence electrons. The molecule has 43 heavy (non-hydrogen) atoms. The first-order valence-corrected chi connectivity index (χ1v) is 16.3. The monoisotopic (exact) mass is 587 g/mol. The Bertz CT molecular complexity index is 1120. The fourth-order valence-electron chi connectivity index (χ4n) is 5.42. The summed E-state index contributed by atoms with van der Waals surface area (Å²) >= 11 is 0. The molecule has 3 aromatic rings. The number of unbranched alkanes of at least 4 members (excludes halogenated alkanes) is 14. The standard InChI is InChI=1S/C34H49N7O2/c1-2-3-4-5-6-7-8-9-10-11-12-13-14-15-22-27-32(42)43-34(30-23-18-16-19-24-30)38-40(31-25-20-17-21-26-31)41(39-34)33-36-28-35-29-37-33/h16-21,23-26,28-29,38-39H,2-15,22,27H2,1H3. The number of carbonyl (C=O) groups excluding carboxylic acids is 1.